The third-order valence-corrected chi connectivity index (χ3v) is 8.98. The van der Waals surface area contributed by atoms with Gasteiger partial charge >= 0.3 is 0 Å². The van der Waals surface area contributed by atoms with Crippen molar-refractivity contribution in [2.75, 3.05) is 44.9 Å². The molecule has 0 N–H and O–H groups in total. The Balaban J connectivity index is 1.95. The quantitative estimate of drug-likeness (QED) is 0.569. The van der Waals surface area contributed by atoms with Crippen LogP contribution in [-0.4, -0.2) is 80.5 Å². The maximum Gasteiger partial charge on any atom is 0.254 e. The molecule has 0 aromatic heterocycles. The molecule has 0 radical (unpaired) electrons. The van der Waals surface area contributed by atoms with Crippen molar-refractivity contribution < 1.29 is 22.7 Å². The van der Waals surface area contributed by atoms with E-state index < -0.39 is 10.0 Å². The molecule has 1 aromatic rings. The molecule has 168 valence electrons. The number of carbonyl (C=O) groups excluding carboxylic acids is 1. The second-order valence-corrected chi connectivity index (χ2v) is 10.6. The van der Waals surface area contributed by atoms with Crippen LogP contribution in [0.2, 0.25) is 0 Å². The summed E-state index contributed by atoms with van der Waals surface area (Å²) in [6.45, 7) is 5.58. The molecule has 1 aromatic carbocycles. The van der Waals surface area contributed by atoms with Gasteiger partial charge < -0.3 is 14.4 Å². The standard InChI is InChI=1S/C21H32N2O5S2/c1-4-22(5-2)30(25,26)20-13-16(8-9-19(20)27-3)21(24)23(17-10-12-29-15-17)14-18-7-6-11-28-18/h8-9,13,17-18H,4-7,10-12,14-15H2,1-3H3. The van der Waals surface area contributed by atoms with Crippen LogP contribution in [0.5, 0.6) is 5.75 Å². The molecule has 2 atom stereocenters. The molecule has 3 rings (SSSR count). The molecule has 2 fully saturated rings. The van der Waals surface area contributed by atoms with Crippen molar-refractivity contribution in [3.8, 4) is 5.75 Å². The van der Waals surface area contributed by atoms with Crippen molar-refractivity contribution in [3.05, 3.63) is 23.8 Å². The number of sulfonamides is 1. The number of hydrogen-bond donors (Lipinski definition) is 0. The van der Waals surface area contributed by atoms with Crippen LogP contribution in [0.4, 0.5) is 0 Å². The Morgan fingerprint density at radius 3 is 2.60 bits per heavy atom. The van der Waals surface area contributed by atoms with Gasteiger partial charge in [0.05, 0.1) is 13.2 Å². The zero-order chi connectivity index (χ0) is 21.7. The third-order valence-electron chi connectivity index (χ3n) is 5.77. The summed E-state index contributed by atoms with van der Waals surface area (Å²) >= 11 is 1.85. The predicted octanol–water partition coefficient (Wildman–Crippen LogP) is 2.85. The molecule has 30 heavy (non-hydrogen) atoms. The number of rotatable bonds is 9. The maximum absolute atomic E-state index is 13.5. The van der Waals surface area contributed by atoms with Crippen molar-refractivity contribution in [3.63, 3.8) is 0 Å². The van der Waals surface area contributed by atoms with Crippen molar-refractivity contribution in [1.82, 2.24) is 9.21 Å². The van der Waals surface area contributed by atoms with Crippen LogP contribution in [0.1, 0.15) is 43.5 Å². The Morgan fingerprint density at radius 1 is 1.27 bits per heavy atom. The van der Waals surface area contributed by atoms with Gasteiger partial charge in [-0.05, 0) is 43.2 Å². The van der Waals surface area contributed by atoms with Gasteiger partial charge in [-0.2, -0.15) is 16.1 Å². The molecular formula is C21H32N2O5S2. The summed E-state index contributed by atoms with van der Waals surface area (Å²) in [5.74, 6) is 2.04. The van der Waals surface area contributed by atoms with E-state index in [-0.39, 0.29) is 28.7 Å². The smallest absolute Gasteiger partial charge is 0.254 e. The van der Waals surface area contributed by atoms with Gasteiger partial charge in [0.15, 0.2) is 0 Å². The zero-order valence-corrected chi connectivity index (χ0v) is 19.6. The molecule has 1 amide bonds. The lowest BCUT2D eigenvalue weighted by Crippen LogP contribution is -2.44. The van der Waals surface area contributed by atoms with E-state index in [1.54, 1.807) is 26.0 Å². The first-order chi connectivity index (χ1) is 14.4. The summed E-state index contributed by atoms with van der Waals surface area (Å²) in [4.78, 5) is 15.5. The zero-order valence-electron chi connectivity index (χ0n) is 18.0. The fourth-order valence-corrected chi connectivity index (χ4v) is 6.92. The van der Waals surface area contributed by atoms with Crippen LogP contribution < -0.4 is 4.74 Å². The Bertz CT molecular complexity index is 830. The number of carbonyl (C=O) groups is 1. The van der Waals surface area contributed by atoms with Gasteiger partial charge in [-0.25, -0.2) is 8.42 Å². The van der Waals surface area contributed by atoms with Gasteiger partial charge in [-0.3, -0.25) is 4.79 Å². The van der Waals surface area contributed by atoms with E-state index in [0.29, 0.717) is 25.2 Å². The van der Waals surface area contributed by atoms with Crippen LogP contribution in [-0.2, 0) is 14.8 Å². The molecule has 0 spiro atoms. The fourth-order valence-electron chi connectivity index (χ4n) is 4.05. The normalized spacial score (nSPS) is 21.9. The van der Waals surface area contributed by atoms with E-state index in [1.807, 2.05) is 16.7 Å². The van der Waals surface area contributed by atoms with Crippen LogP contribution >= 0.6 is 11.8 Å². The minimum absolute atomic E-state index is 0.0393. The number of ether oxygens (including phenoxy) is 2. The van der Waals surface area contributed by atoms with Gasteiger partial charge in [-0.1, -0.05) is 13.8 Å². The highest BCUT2D eigenvalue weighted by Gasteiger charge is 2.33. The first kappa shape index (κ1) is 23.4. The predicted molar refractivity (Wildman–Crippen MR) is 119 cm³/mol. The highest BCUT2D eigenvalue weighted by molar-refractivity contribution is 7.99. The lowest BCUT2D eigenvalue weighted by Gasteiger charge is -2.31. The first-order valence-electron chi connectivity index (χ1n) is 10.6. The Labute approximate surface area is 184 Å². The summed E-state index contributed by atoms with van der Waals surface area (Å²) < 4.78 is 38.8. The molecule has 9 heteroatoms. The molecule has 2 saturated heterocycles. The van der Waals surface area contributed by atoms with E-state index in [4.69, 9.17) is 9.47 Å². The van der Waals surface area contributed by atoms with Crippen molar-refractivity contribution >= 4 is 27.7 Å². The van der Waals surface area contributed by atoms with Gasteiger partial charge in [-0.15, -0.1) is 0 Å². The Kier molecular flexibility index (Phi) is 8.06. The summed E-state index contributed by atoms with van der Waals surface area (Å²) in [6, 6.07) is 4.86. The van der Waals surface area contributed by atoms with E-state index >= 15 is 0 Å². The highest BCUT2D eigenvalue weighted by Crippen LogP contribution is 2.30. The lowest BCUT2D eigenvalue weighted by molar-refractivity contribution is 0.0441. The molecule has 2 aliphatic rings. The van der Waals surface area contributed by atoms with Gasteiger partial charge in [0.2, 0.25) is 10.0 Å². The average Bonchev–Trinajstić information content (AvgIpc) is 3.46. The number of nitrogens with zero attached hydrogens (tertiary/aromatic N) is 2. The van der Waals surface area contributed by atoms with Crippen LogP contribution in [0.3, 0.4) is 0 Å². The molecule has 0 aliphatic carbocycles. The molecule has 7 nitrogen and oxygen atoms in total. The molecule has 0 saturated carbocycles. The van der Waals surface area contributed by atoms with Crippen molar-refractivity contribution in [1.29, 1.82) is 0 Å². The maximum atomic E-state index is 13.5. The van der Waals surface area contributed by atoms with E-state index in [1.165, 1.54) is 17.5 Å². The molecule has 2 aliphatic heterocycles. The lowest BCUT2D eigenvalue weighted by atomic mass is 10.1. The molecule has 2 unspecified atom stereocenters. The third kappa shape index (κ3) is 4.95. The summed E-state index contributed by atoms with van der Waals surface area (Å²) in [5.41, 5.74) is 0.372. The number of benzene rings is 1. The van der Waals surface area contributed by atoms with E-state index in [0.717, 1.165) is 37.4 Å². The van der Waals surface area contributed by atoms with Gasteiger partial charge in [0, 0.05) is 43.6 Å². The van der Waals surface area contributed by atoms with Crippen molar-refractivity contribution in [2.24, 2.45) is 0 Å². The molecule has 2 heterocycles. The summed E-state index contributed by atoms with van der Waals surface area (Å²) in [5, 5.41) is 0. The van der Waals surface area contributed by atoms with Gasteiger partial charge in [0.1, 0.15) is 10.6 Å². The minimum atomic E-state index is -3.76. The summed E-state index contributed by atoms with van der Waals surface area (Å²) in [6.07, 6.45) is 2.97. The number of methoxy groups -OCH3 is 1. The minimum Gasteiger partial charge on any atom is -0.495 e. The SMILES string of the molecule is CCN(CC)S(=O)(=O)c1cc(C(=O)N(CC2CCCO2)C2CCSC2)ccc1OC. The summed E-state index contributed by atoms with van der Waals surface area (Å²) in [7, 11) is -2.32. The highest BCUT2D eigenvalue weighted by atomic mass is 32.2. The largest absolute Gasteiger partial charge is 0.495 e. The first-order valence-corrected chi connectivity index (χ1v) is 13.2. The second-order valence-electron chi connectivity index (χ2n) is 7.56. The van der Waals surface area contributed by atoms with Crippen LogP contribution in [0.25, 0.3) is 0 Å². The van der Waals surface area contributed by atoms with Crippen LogP contribution in [0.15, 0.2) is 23.1 Å². The second kappa shape index (κ2) is 10.3. The Morgan fingerprint density at radius 2 is 2.03 bits per heavy atom. The van der Waals surface area contributed by atoms with Gasteiger partial charge in [0.25, 0.3) is 5.91 Å². The molecule has 0 bridgehead atoms. The topological polar surface area (TPSA) is 76.2 Å². The number of thioether (sulfide) groups is 1. The fraction of sp³-hybridized carbons (Fsp3) is 0.667. The average molecular weight is 457 g/mol. The van der Waals surface area contributed by atoms with Crippen molar-refractivity contribution in [2.45, 2.75) is 50.2 Å². The Hall–Kier alpha value is -1.29. The monoisotopic (exact) mass is 456 g/mol. The number of hydrogen-bond acceptors (Lipinski definition) is 6. The van der Waals surface area contributed by atoms with E-state index in [9.17, 15) is 13.2 Å². The van der Waals surface area contributed by atoms with E-state index in [2.05, 4.69) is 0 Å². The number of amides is 1. The molecular weight excluding hydrogens is 424 g/mol. The van der Waals surface area contributed by atoms with Crippen LogP contribution in [0, 0.1) is 0 Å².